The molecule has 2 rings (SSSR count). The maximum absolute atomic E-state index is 10.5. The molecule has 6 heteroatoms. The molecule has 88 valence electrons. The van der Waals surface area contributed by atoms with Crippen LogP contribution >= 0.6 is 0 Å². The second-order valence-corrected chi connectivity index (χ2v) is 4.15. The fourth-order valence-electron chi connectivity index (χ4n) is 1.54. The van der Waals surface area contributed by atoms with Crippen LogP contribution in [0.25, 0.3) is 0 Å². The van der Waals surface area contributed by atoms with Crippen molar-refractivity contribution in [3.8, 4) is 0 Å². The highest BCUT2D eigenvalue weighted by molar-refractivity contribution is 5.84. The molecule has 0 aromatic carbocycles. The molecular formula is C10H16N4O2. The predicted octanol–water partition coefficient (Wildman–Crippen LogP) is 0.366. The number of hydrogen-bond acceptors (Lipinski definition) is 4. The monoisotopic (exact) mass is 224 g/mol. The van der Waals surface area contributed by atoms with E-state index in [2.05, 4.69) is 15.6 Å². The molecule has 1 fully saturated rings. The smallest absolute Gasteiger partial charge is 0.358 e. The van der Waals surface area contributed by atoms with E-state index >= 15 is 0 Å². The summed E-state index contributed by atoms with van der Waals surface area (Å²) in [4.78, 5) is 10.5. The molecule has 0 aliphatic heterocycles. The average Bonchev–Trinajstić information content (AvgIpc) is 2.94. The molecule has 1 aromatic heterocycles. The van der Waals surface area contributed by atoms with Crippen LogP contribution in [0.15, 0.2) is 6.20 Å². The standard InChI is InChI=1S/C10H16N4O2/c15-10(16)9-7-14(13-12-9)6-5-11-4-3-8-1-2-8/h7-8,11H,1-6H2,(H,15,16). The first kappa shape index (κ1) is 11.1. The lowest BCUT2D eigenvalue weighted by atomic mass is 10.3. The largest absolute Gasteiger partial charge is 0.476 e. The lowest BCUT2D eigenvalue weighted by Crippen LogP contribution is -2.21. The van der Waals surface area contributed by atoms with Gasteiger partial charge in [0, 0.05) is 6.54 Å². The molecule has 0 saturated heterocycles. The SMILES string of the molecule is O=C(O)c1cn(CCNCCC2CC2)nn1. The Bertz CT molecular complexity index is 359. The van der Waals surface area contributed by atoms with Crippen molar-refractivity contribution in [1.82, 2.24) is 20.3 Å². The minimum absolute atomic E-state index is 0.00187. The zero-order valence-electron chi connectivity index (χ0n) is 9.09. The average molecular weight is 224 g/mol. The second kappa shape index (κ2) is 5.07. The first-order chi connectivity index (χ1) is 7.75. The summed E-state index contributed by atoms with van der Waals surface area (Å²) in [5.74, 6) is -0.0922. The topological polar surface area (TPSA) is 80.0 Å². The summed E-state index contributed by atoms with van der Waals surface area (Å²) in [5.41, 5.74) is -0.00187. The van der Waals surface area contributed by atoms with Gasteiger partial charge in [0.25, 0.3) is 0 Å². The Hall–Kier alpha value is -1.43. The number of aromatic nitrogens is 3. The van der Waals surface area contributed by atoms with Gasteiger partial charge >= 0.3 is 5.97 Å². The fraction of sp³-hybridized carbons (Fsp3) is 0.700. The van der Waals surface area contributed by atoms with Gasteiger partial charge in [-0.15, -0.1) is 5.10 Å². The van der Waals surface area contributed by atoms with Crippen LogP contribution in [0.5, 0.6) is 0 Å². The van der Waals surface area contributed by atoms with Crippen molar-refractivity contribution < 1.29 is 9.90 Å². The molecule has 0 bridgehead atoms. The molecule has 1 saturated carbocycles. The maximum atomic E-state index is 10.5. The van der Waals surface area contributed by atoms with Crippen molar-refractivity contribution in [2.45, 2.75) is 25.8 Å². The summed E-state index contributed by atoms with van der Waals surface area (Å²) < 4.78 is 1.55. The van der Waals surface area contributed by atoms with Crippen LogP contribution in [0, 0.1) is 5.92 Å². The van der Waals surface area contributed by atoms with E-state index in [4.69, 9.17) is 5.11 Å². The zero-order chi connectivity index (χ0) is 11.4. The molecule has 0 radical (unpaired) electrons. The molecule has 16 heavy (non-hydrogen) atoms. The van der Waals surface area contributed by atoms with Gasteiger partial charge in [0.05, 0.1) is 12.7 Å². The number of carbonyl (C=O) groups is 1. The van der Waals surface area contributed by atoms with E-state index in [1.807, 2.05) is 0 Å². The Morgan fingerprint density at radius 3 is 3.00 bits per heavy atom. The third-order valence-electron chi connectivity index (χ3n) is 2.70. The van der Waals surface area contributed by atoms with Gasteiger partial charge in [-0.3, -0.25) is 4.68 Å². The molecule has 0 amide bonds. The van der Waals surface area contributed by atoms with Gasteiger partial charge in [-0.25, -0.2) is 4.79 Å². The van der Waals surface area contributed by atoms with Crippen molar-refractivity contribution in [2.75, 3.05) is 13.1 Å². The van der Waals surface area contributed by atoms with E-state index in [0.29, 0.717) is 6.54 Å². The number of nitrogens with zero attached hydrogens (tertiary/aromatic N) is 3. The van der Waals surface area contributed by atoms with Crippen LogP contribution in [0.2, 0.25) is 0 Å². The maximum Gasteiger partial charge on any atom is 0.358 e. The minimum Gasteiger partial charge on any atom is -0.476 e. The van der Waals surface area contributed by atoms with E-state index < -0.39 is 5.97 Å². The highest BCUT2D eigenvalue weighted by Gasteiger charge is 2.19. The molecule has 1 aliphatic rings. The first-order valence-corrected chi connectivity index (χ1v) is 5.60. The van der Waals surface area contributed by atoms with Gasteiger partial charge in [0.1, 0.15) is 0 Å². The molecule has 1 aliphatic carbocycles. The van der Waals surface area contributed by atoms with Gasteiger partial charge in [-0.1, -0.05) is 18.1 Å². The molecule has 6 nitrogen and oxygen atoms in total. The van der Waals surface area contributed by atoms with E-state index in [1.165, 1.54) is 25.5 Å². The first-order valence-electron chi connectivity index (χ1n) is 5.60. The van der Waals surface area contributed by atoms with Crippen LogP contribution < -0.4 is 5.32 Å². The van der Waals surface area contributed by atoms with Crippen molar-refractivity contribution in [2.24, 2.45) is 5.92 Å². The fourth-order valence-corrected chi connectivity index (χ4v) is 1.54. The van der Waals surface area contributed by atoms with E-state index in [9.17, 15) is 4.79 Å². The Morgan fingerprint density at radius 2 is 2.38 bits per heavy atom. The summed E-state index contributed by atoms with van der Waals surface area (Å²) in [5, 5.41) is 19.2. The highest BCUT2D eigenvalue weighted by atomic mass is 16.4. The van der Waals surface area contributed by atoms with Gasteiger partial charge < -0.3 is 10.4 Å². The number of carboxylic acids is 1. The van der Waals surface area contributed by atoms with Crippen LogP contribution in [0.1, 0.15) is 29.8 Å². The summed E-state index contributed by atoms with van der Waals surface area (Å²) in [6, 6.07) is 0. The van der Waals surface area contributed by atoms with E-state index in [-0.39, 0.29) is 5.69 Å². The summed E-state index contributed by atoms with van der Waals surface area (Å²) in [7, 11) is 0. The molecule has 0 unspecified atom stereocenters. The summed E-state index contributed by atoms with van der Waals surface area (Å²) >= 11 is 0. The van der Waals surface area contributed by atoms with Gasteiger partial charge in [-0.2, -0.15) is 0 Å². The highest BCUT2D eigenvalue weighted by Crippen LogP contribution is 2.31. The van der Waals surface area contributed by atoms with Crippen LogP contribution in [-0.2, 0) is 6.54 Å². The third-order valence-corrected chi connectivity index (χ3v) is 2.70. The Labute approximate surface area is 93.6 Å². The number of rotatable bonds is 7. The third kappa shape index (κ3) is 3.30. The molecule has 1 aromatic rings. The molecule has 2 N–H and O–H groups in total. The van der Waals surface area contributed by atoms with Crippen molar-refractivity contribution in [3.05, 3.63) is 11.9 Å². The van der Waals surface area contributed by atoms with Crippen LogP contribution in [-0.4, -0.2) is 39.2 Å². The second-order valence-electron chi connectivity index (χ2n) is 4.15. The molecule has 0 atom stereocenters. The number of nitrogens with one attached hydrogen (secondary N) is 1. The van der Waals surface area contributed by atoms with Crippen LogP contribution in [0.3, 0.4) is 0 Å². The van der Waals surface area contributed by atoms with Gasteiger partial charge in [0.15, 0.2) is 5.69 Å². The Morgan fingerprint density at radius 1 is 1.56 bits per heavy atom. The molecular weight excluding hydrogens is 208 g/mol. The molecule has 0 spiro atoms. The zero-order valence-corrected chi connectivity index (χ0v) is 9.09. The van der Waals surface area contributed by atoms with E-state index in [1.54, 1.807) is 4.68 Å². The van der Waals surface area contributed by atoms with Gasteiger partial charge in [-0.05, 0) is 18.9 Å². The number of hydrogen-bond donors (Lipinski definition) is 2. The predicted molar refractivity (Wildman–Crippen MR) is 57.2 cm³/mol. The summed E-state index contributed by atoms with van der Waals surface area (Å²) in [6.45, 7) is 2.49. The minimum atomic E-state index is -1.03. The van der Waals surface area contributed by atoms with Crippen LogP contribution in [0.4, 0.5) is 0 Å². The lowest BCUT2D eigenvalue weighted by Gasteiger charge is -2.03. The van der Waals surface area contributed by atoms with Crippen molar-refractivity contribution in [1.29, 1.82) is 0 Å². The summed E-state index contributed by atoms with van der Waals surface area (Å²) in [6.07, 6.45) is 5.46. The van der Waals surface area contributed by atoms with Crippen molar-refractivity contribution in [3.63, 3.8) is 0 Å². The Balaban J connectivity index is 1.62. The number of aromatic carboxylic acids is 1. The lowest BCUT2D eigenvalue weighted by molar-refractivity contribution is 0.0690. The quantitative estimate of drug-likeness (QED) is 0.654. The van der Waals surface area contributed by atoms with Crippen molar-refractivity contribution >= 4 is 5.97 Å². The molecule has 1 heterocycles. The van der Waals surface area contributed by atoms with E-state index in [0.717, 1.165) is 19.0 Å². The van der Waals surface area contributed by atoms with Gasteiger partial charge in [0.2, 0.25) is 0 Å². The normalized spacial score (nSPS) is 15.2. The number of carboxylic acid groups (broad SMARTS) is 1. The Kier molecular flexibility index (Phi) is 3.51.